The third-order valence-electron chi connectivity index (χ3n) is 3.57. The number of aromatic nitrogens is 2. The van der Waals surface area contributed by atoms with E-state index in [2.05, 4.69) is 9.97 Å². The number of nitrogens with two attached hydrogens (primary N) is 1. The quantitative estimate of drug-likeness (QED) is 0.871. The lowest BCUT2D eigenvalue weighted by atomic mass is 9.80. The van der Waals surface area contributed by atoms with Crippen LogP contribution in [0.15, 0.2) is 11.1 Å². The molecule has 1 aliphatic rings. The Labute approximate surface area is 111 Å². The Hall–Kier alpha value is -1.07. The molecule has 0 aliphatic heterocycles. The topological polar surface area (TPSA) is 81.0 Å². The number of ether oxygens (including phenoxy) is 1. The molecule has 0 aromatic carbocycles. The minimum absolute atomic E-state index is 0.0117. The number of H-pyrrole nitrogens is 1. The van der Waals surface area contributed by atoms with Crippen LogP contribution in [-0.2, 0) is 0 Å². The van der Waals surface area contributed by atoms with Crippen LogP contribution in [0.25, 0.3) is 0 Å². The van der Waals surface area contributed by atoms with Gasteiger partial charge >= 0.3 is 0 Å². The van der Waals surface area contributed by atoms with Crippen LogP contribution in [0.1, 0.15) is 25.7 Å². The van der Waals surface area contributed by atoms with Crippen molar-refractivity contribution in [2.75, 3.05) is 13.2 Å². The molecule has 6 heteroatoms. The van der Waals surface area contributed by atoms with Crippen LogP contribution in [-0.4, -0.2) is 23.1 Å². The minimum Gasteiger partial charge on any atom is -0.476 e. The standard InChI is InChI=1S/C12H18ClN3O2/c13-10-11(17)15-7-16-12(10)18-6-9-4-2-1-3-8(9)5-14/h7-9H,1-6,14H2,(H,15,16,17). The maximum absolute atomic E-state index is 11.3. The number of nitrogens with one attached hydrogen (secondary N) is 1. The van der Waals surface area contributed by atoms with Gasteiger partial charge in [0.05, 0.1) is 12.9 Å². The smallest absolute Gasteiger partial charge is 0.273 e. The van der Waals surface area contributed by atoms with Gasteiger partial charge in [0.25, 0.3) is 5.56 Å². The van der Waals surface area contributed by atoms with Crippen molar-refractivity contribution in [1.29, 1.82) is 0 Å². The van der Waals surface area contributed by atoms with E-state index in [1.54, 1.807) is 0 Å². The molecule has 1 aromatic rings. The van der Waals surface area contributed by atoms with E-state index in [4.69, 9.17) is 22.1 Å². The zero-order chi connectivity index (χ0) is 13.0. The summed E-state index contributed by atoms with van der Waals surface area (Å²) in [5.41, 5.74) is 5.39. The molecule has 2 unspecified atom stereocenters. The normalized spacial score (nSPS) is 23.9. The van der Waals surface area contributed by atoms with Gasteiger partial charge in [-0.2, -0.15) is 0 Å². The Kier molecular flexibility index (Phi) is 4.60. The number of aromatic amines is 1. The summed E-state index contributed by atoms with van der Waals surface area (Å²) in [5.74, 6) is 1.14. The Morgan fingerprint density at radius 3 is 2.89 bits per heavy atom. The second-order valence-corrected chi connectivity index (χ2v) is 5.08. The molecule has 2 rings (SSSR count). The fourth-order valence-electron chi connectivity index (χ4n) is 2.47. The van der Waals surface area contributed by atoms with Crippen molar-refractivity contribution < 1.29 is 4.74 Å². The Morgan fingerprint density at radius 1 is 1.44 bits per heavy atom. The van der Waals surface area contributed by atoms with Gasteiger partial charge in [0, 0.05) is 0 Å². The zero-order valence-corrected chi connectivity index (χ0v) is 10.9. The highest BCUT2D eigenvalue weighted by molar-refractivity contribution is 6.31. The number of nitrogens with zero attached hydrogens (tertiary/aromatic N) is 1. The van der Waals surface area contributed by atoms with E-state index in [0.717, 1.165) is 12.8 Å². The van der Waals surface area contributed by atoms with Gasteiger partial charge in [0.1, 0.15) is 0 Å². The molecule has 0 bridgehead atoms. The van der Waals surface area contributed by atoms with Gasteiger partial charge in [0.2, 0.25) is 5.88 Å². The number of hydrogen-bond acceptors (Lipinski definition) is 4. The molecule has 2 atom stereocenters. The maximum atomic E-state index is 11.3. The molecule has 0 spiro atoms. The Bertz CT molecular complexity index is 449. The molecule has 0 amide bonds. The predicted molar refractivity (Wildman–Crippen MR) is 69.9 cm³/mol. The summed E-state index contributed by atoms with van der Waals surface area (Å²) in [7, 11) is 0. The van der Waals surface area contributed by atoms with Gasteiger partial charge < -0.3 is 15.5 Å². The van der Waals surface area contributed by atoms with Crippen LogP contribution in [0.4, 0.5) is 0 Å². The van der Waals surface area contributed by atoms with Crippen molar-refractivity contribution in [3.63, 3.8) is 0 Å². The van der Waals surface area contributed by atoms with E-state index >= 15 is 0 Å². The fourth-order valence-corrected chi connectivity index (χ4v) is 2.63. The molecule has 1 saturated carbocycles. The van der Waals surface area contributed by atoms with Gasteiger partial charge in [-0.15, -0.1) is 0 Å². The average molecular weight is 272 g/mol. The van der Waals surface area contributed by atoms with Gasteiger partial charge in [-0.25, -0.2) is 4.98 Å². The van der Waals surface area contributed by atoms with E-state index in [9.17, 15) is 4.79 Å². The molecule has 0 saturated heterocycles. The lowest BCUT2D eigenvalue weighted by Crippen LogP contribution is -2.31. The molecule has 0 radical (unpaired) electrons. The Balaban J connectivity index is 1.98. The molecular weight excluding hydrogens is 254 g/mol. The van der Waals surface area contributed by atoms with E-state index in [0.29, 0.717) is 25.0 Å². The third kappa shape index (κ3) is 3.03. The van der Waals surface area contributed by atoms with Crippen LogP contribution in [0, 0.1) is 11.8 Å². The van der Waals surface area contributed by atoms with Crippen molar-refractivity contribution in [2.24, 2.45) is 17.6 Å². The molecule has 1 aromatic heterocycles. The van der Waals surface area contributed by atoms with Gasteiger partial charge in [-0.3, -0.25) is 4.79 Å². The molecule has 1 fully saturated rings. The van der Waals surface area contributed by atoms with Crippen molar-refractivity contribution in [2.45, 2.75) is 25.7 Å². The zero-order valence-electron chi connectivity index (χ0n) is 10.2. The fraction of sp³-hybridized carbons (Fsp3) is 0.667. The van der Waals surface area contributed by atoms with E-state index in [1.807, 2.05) is 0 Å². The lowest BCUT2D eigenvalue weighted by molar-refractivity contribution is 0.149. The van der Waals surface area contributed by atoms with Crippen molar-refractivity contribution in [1.82, 2.24) is 9.97 Å². The van der Waals surface area contributed by atoms with Crippen molar-refractivity contribution >= 4 is 11.6 Å². The highest BCUT2D eigenvalue weighted by Crippen LogP contribution is 2.30. The van der Waals surface area contributed by atoms with Crippen LogP contribution >= 0.6 is 11.6 Å². The second-order valence-electron chi connectivity index (χ2n) is 4.70. The first kappa shape index (κ1) is 13.4. The van der Waals surface area contributed by atoms with E-state index < -0.39 is 0 Å². The summed E-state index contributed by atoms with van der Waals surface area (Å²) in [6.45, 7) is 1.21. The maximum Gasteiger partial charge on any atom is 0.273 e. The van der Waals surface area contributed by atoms with Gasteiger partial charge in [-0.1, -0.05) is 24.4 Å². The molecule has 1 heterocycles. The molecular formula is C12H18ClN3O2. The molecule has 100 valence electrons. The first-order valence-corrected chi connectivity index (χ1v) is 6.66. The summed E-state index contributed by atoms with van der Waals surface area (Å²) in [4.78, 5) is 17.6. The predicted octanol–water partition coefficient (Wildman–Crippen LogP) is 1.57. The van der Waals surface area contributed by atoms with Crippen LogP contribution < -0.4 is 16.0 Å². The summed E-state index contributed by atoms with van der Waals surface area (Å²) in [6, 6.07) is 0. The molecule has 1 aliphatic carbocycles. The Morgan fingerprint density at radius 2 is 2.17 bits per heavy atom. The molecule has 5 nitrogen and oxygen atoms in total. The van der Waals surface area contributed by atoms with Crippen LogP contribution in [0.3, 0.4) is 0 Å². The minimum atomic E-state index is -0.374. The largest absolute Gasteiger partial charge is 0.476 e. The van der Waals surface area contributed by atoms with E-state index in [-0.39, 0.29) is 16.5 Å². The summed E-state index contributed by atoms with van der Waals surface area (Å²) >= 11 is 5.83. The lowest BCUT2D eigenvalue weighted by Gasteiger charge is -2.30. The average Bonchev–Trinajstić information content (AvgIpc) is 2.41. The SMILES string of the molecule is NCC1CCCCC1COc1nc[nH]c(=O)c1Cl. The number of hydrogen-bond donors (Lipinski definition) is 2. The summed E-state index contributed by atoms with van der Waals surface area (Å²) < 4.78 is 5.57. The number of halogens is 1. The van der Waals surface area contributed by atoms with E-state index in [1.165, 1.54) is 19.2 Å². The highest BCUT2D eigenvalue weighted by Gasteiger charge is 2.25. The third-order valence-corrected chi connectivity index (χ3v) is 3.90. The van der Waals surface area contributed by atoms with Crippen molar-refractivity contribution in [3.8, 4) is 5.88 Å². The van der Waals surface area contributed by atoms with Gasteiger partial charge in [-0.05, 0) is 31.2 Å². The molecule has 3 N–H and O–H groups in total. The first-order valence-electron chi connectivity index (χ1n) is 6.28. The van der Waals surface area contributed by atoms with Gasteiger partial charge in [0.15, 0.2) is 5.02 Å². The summed E-state index contributed by atoms with van der Waals surface area (Å²) in [6.07, 6.45) is 6.01. The van der Waals surface area contributed by atoms with Crippen LogP contribution in [0.5, 0.6) is 5.88 Å². The van der Waals surface area contributed by atoms with Crippen LogP contribution in [0.2, 0.25) is 5.02 Å². The first-order chi connectivity index (χ1) is 8.72. The second kappa shape index (κ2) is 6.20. The highest BCUT2D eigenvalue weighted by atomic mass is 35.5. The van der Waals surface area contributed by atoms with Crippen molar-refractivity contribution in [3.05, 3.63) is 21.7 Å². The number of rotatable bonds is 4. The summed E-state index contributed by atoms with van der Waals surface area (Å²) in [5, 5.41) is 0.0117. The monoisotopic (exact) mass is 271 g/mol. The molecule has 18 heavy (non-hydrogen) atoms.